The molecule has 1 saturated heterocycles. The molecule has 0 radical (unpaired) electrons. The average Bonchev–Trinajstić information content (AvgIpc) is 3.16. The molecule has 0 aromatic heterocycles. The summed E-state index contributed by atoms with van der Waals surface area (Å²) in [4.78, 5) is 60.8. The Labute approximate surface area is 233 Å². The third kappa shape index (κ3) is 9.85. The van der Waals surface area contributed by atoms with E-state index in [1.165, 1.54) is 7.05 Å². The van der Waals surface area contributed by atoms with Gasteiger partial charge in [-0.25, -0.2) is 4.79 Å². The molecule has 1 fully saturated rings. The van der Waals surface area contributed by atoms with E-state index in [1.54, 1.807) is 24.3 Å². The molecule has 2 rings (SSSR count). The van der Waals surface area contributed by atoms with E-state index >= 15 is 0 Å². The van der Waals surface area contributed by atoms with Crippen LogP contribution in [0.4, 0.5) is 4.79 Å². The SMILES string of the molecule is CNC(=O)[C@@H](NC(=O)C(CC(C)C)C(OCCOc1ccc(CC2SC(=O)NC2=O)cc1)C(=O)O)C(C)(C)C. The van der Waals surface area contributed by atoms with Crippen molar-refractivity contribution in [1.29, 1.82) is 0 Å². The van der Waals surface area contributed by atoms with Gasteiger partial charge >= 0.3 is 5.97 Å². The summed E-state index contributed by atoms with van der Waals surface area (Å²) >= 11 is 0.965. The molecule has 4 atom stereocenters. The Balaban J connectivity index is 1.98. The van der Waals surface area contributed by atoms with E-state index in [-0.39, 0.29) is 42.6 Å². The molecule has 39 heavy (non-hydrogen) atoms. The minimum atomic E-state index is -1.43. The lowest BCUT2D eigenvalue weighted by molar-refractivity contribution is -0.160. The zero-order valence-electron chi connectivity index (χ0n) is 23.2. The molecule has 1 aromatic carbocycles. The number of rotatable bonds is 14. The lowest BCUT2D eigenvalue weighted by Gasteiger charge is -2.32. The van der Waals surface area contributed by atoms with Crippen molar-refractivity contribution in [3.63, 3.8) is 0 Å². The Morgan fingerprint density at radius 3 is 2.21 bits per heavy atom. The number of imide groups is 1. The van der Waals surface area contributed by atoms with E-state index in [9.17, 15) is 29.1 Å². The van der Waals surface area contributed by atoms with E-state index in [1.807, 2.05) is 34.6 Å². The molecule has 0 spiro atoms. The van der Waals surface area contributed by atoms with Crippen LogP contribution in [0.2, 0.25) is 0 Å². The second-order valence-electron chi connectivity index (χ2n) is 10.9. The van der Waals surface area contributed by atoms with Gasteiger partial charge in [-0.15, -0.1) is 0 Å². The maximum Gasteiger partial charge on any atom is 0.333 e. The van der Waals surface area contributed by atoms with Gasteiger partial charge in [-0.3, -0.25) is 24.5 Å². The summed E-state index contributed by atoms with van der Waals surface area (Å²) < 4.78 is 11.3. The summed E-state index contributed by atoms with van der Waals surface area (Å²) in [6.07, 6.45) is -0.777. The van der Waals surface area contributed by atoms with Crippen molar-refractivity contribution in [2.45, 2.75) is 64.9 Å². The number of hydrogen-bond donors (Lipinski definition) is 4. The number of carboxylic acids is 1. The zero-order valence-corrected chi connectivity index (χ0v) is 24.1. The summed E-state index contributed by atoms with van der Waals surface area (Å²) in [6.45, 7) is 9.14. The van der Waals surface area contributed by atoms with Gasteiger partial charge in [0.2, 0.25) is 17.7 Å². The van der Waals surface area contributed by atoms with Gasteiger partial charge in [0.15, 0.2) is 6.10 Å². The summed E-state index contributed by atoms with van der Waals surface area (Å²) in [7, 11) is 1.48. The smallest absolute Gasteiger partial charge is 0.333 e. The monoisotopic (exact) mass is 565 g/mol. The van der Waals surface area contributed by atoms with Gasteiger partial charge in [-0.05, 0) is 41.9 Å². The number of hydrogen-bond acceptors (Lipinski definition) is 8. The number of carbonyl (C=O) groups excluding carboxylic acids is 4. The number of aliphatic carboxylic acids is 1. The van der Waals surface area contributed by atoms with Crippen molar-refractivity contribution in [1.82, 2.24) is 16.0 Å². The Morgan fingerprint density at radius 1 is 1.08 bits per heavy atom. The first-order valence-electron chi connectivity index (χ1n) is 12.8. The molecule has 4 amide bonds. The van der Waals surface area contributed by atoms with E-state index < -0.39 is 40.6 Å². The first-order valence-corrected chi connectivity index (χ1v) is 13.7. The fourth-order valence-electron chi connectivity index (χ4n) is 4.10. The highest BCUT2D eigenvalue weighted by molar-refractivity contribution is 8.15. The van der Waals surface area contributed by atoms with Crippen molar-refractivity contribution in [3.05, 3.63) is 29.8 Å². The Morgan fingerprint density at radius 2 is 1.72 bits per heavy atom. The third-order valence-electron chi connectivity index (χ3n) is 6.09. The average molecular weight is 566 g/mol. The van der Waals surface area contributed by atoms with Gasteiger partial charge in [0, 0.05) is 7.05 Å². The van der Waals surface area contributed by atoms with Crippen LogP contribution in [0.1, 0.15) is 46.6 Å². The van der Waals surface area contributed by atoms with Crippen molar-refractivity contribution in [3.8, 4) is 5.75 Å². The largest absolute Gasteiger partial charge is 0.491 e. The van der Waals surface area contributed by atoms with Crippen LogP contribution in [0, 0.1) is 17.3 Å². The maximum atomic E-state index is 13.2. The van der Waals surface area contributed by atoms with Crippen LogP contribution < -0.4 is 20.7 Å². The molecule has 0 bridgehead atoms. The number of amides is 4. The third-order valence-corrected chi connectivity index (χ3v) is 7.07. The first-order chi connectivity index (χ1) is 18.2. The fourth-order valence-corrected chi connectivity index (χ4v) is 4.96. The molecule has 216 valence electrons. The highest BCUT2D eigenvalue weighted by atomic mass is 32.2. The number of carboxylic acid groups (broad SMARTS) is 1. The number of carbonyl (C=O) groups is 5. The quantitative estimate of drug-likeness (QED) is 0.248. The van der Waals surface area contributed by atoms with E-state index in [2.05, 4.69) is 16.0 Å². The number of ether oxygens (including phenoxy) is 2. The van der Waals surface area contributed by atoms with Gasteiger partial charge in [0.25, 0.3) is 5.24 Å². The summed E-state index contributed by atoms with van der Waals surface area (Å²) in [5, 5.41) is 16.6. The summed E-state index contributed by atoms with van der Waals surface area (Å²) in [6, 6.07) is 6.14. The zero-order chi connectivity index (χ0) is 29.3. The molecule has 1 aromatic rings. The molecule has 0 aliphatic carbocycles. The second-order valence-corrected chi connectivity index (χ2v) is 12.0. The molecular weight excluding hydrogens is 526 g/mol. The van der Waals surface area contributed by atoms with E-state index in [4.69, 9.17) is 9.47 Å². The lowest BCUT2D eigenvalue weighted by Crippen LogP contribution is -2.56. The standard InChI is InChI=1S/C27H39N3O8S/c1-15(2)13-18(22(31)29-21(24(33)28-6)27(3,4)5)20(25(34)35)38-12-11-37-17-9-7-16(8-10-17)14-19-23(32)30-26(36)39-19/h7-10,15,18-21H,11-14H2,1-6H3,(H,28,33)(H,29,31)(H,34,35)(H,30,32,36)/t18?,19?,20?,21-/m1/s1. The molecule has 1 aliphatic rings. The lowest BCUT2D eigenvalue weighted by atomic mass is 9.84. The number of likely N-dealkylation sites (N-methyl/N-ethyl adjacent to an activating group) is 1. The highest BCUT2D eigenvalue weighted by Gasteiger charge is 2.39. The van der Waals surface area contributed by atoms with Crippen molar-refractivity contribution < 1.29 is 38.6 Å². The van der Waals surface area contributed by atoms with Crippen LogP contribution in [0.3, 0.4) is 0 Å². The van der Waals surface area contributed by atoms with Gasteiger partial charge in [-0.1, -0.05) is 58.5 Å². The molecule has 3 unspecified atom stereocenters. The normalized spacial score (nSPS) is 17.8. The van der Waals surface area contributed by atoms with Crippen LogP contribution in [0.5, 0.6) is 5.75 Å². The fraction of sp³-hybridized carbons (Fsp3) is 0.593. The van der Waals surface area contributed by atoms with E-state index in [0.29, 0.717) is 12.2 Å². The summed E-state index contributed by atoms with van der Waals surface area (Å²) in [5.41, 5.74) is 0.265. The Bertz CT molecular complexity index is 1040. The van der Waals surface area contributed by atoms with Crippen LogP contribution >= 0.6 is 11.8 Å². The van der Waals surface area contributed by atoms with Gasteiger partial charge in [0.05, 0.1) is 17.8 Å². The molecule has 0 saturated carbocycles. The molecule has 1 aliphatic heterocycles. The maximum absolute atomic E-state index is 13.2. The Kier molecular flexibility index (Phi) is 11.8. The van der Waals surface area contributed by atoms with Crippen molar-refractivity contribution in [2.75, 3.05) is 20.3 Å². The van der Waals surface area contributed by atoms with Crippen LogP contribution in [0.15, 0.2) is 24.3 Å². The van der Waals surface area contributed by atoms with Crippen LogP contribution in [-0.4, -0.2) is 71.7 Å². The van der Waals surface area contributed by atoms with Crippen LogP contribution in [0.25, 0.3) is 0 Å². The molecule has 12 heteroatoms. The molecule has 4 N–H and O–H groups in total. The van der Waals surface area contributed by atoms with Gasteiger partial charge in [-0.2, -0.15) is 0 Å². The minimum Gasteiger partial charge on any atom is -0.491 e. The van der Waals surface area contributed by atoms with Crippen molar-refractivity contribution >= 4 is 40.7 Å². The predicted octanol–water partition coefficient (Wildman–Crippen LogP) is 2.37. The number of nitrogens with one attached hydrogen (secondary N) is 3. The summed E-state index contributed by atoms with van der Waals surface area (Å²) in [5.74, 6) is -3.02. The number of thioether (sulfide) groups is 1. The molecular formula is C27H39N3O8S. The first kappa shape index (κ1) is 32.1. The predicted molar refractivity (Wildman–Crippen MR) is 146 cm³/mol. The highest BCUT2D eigenvalue weighted by Crippen LogP contribution is 2.25. The topological polar surface area (TPSA) is 160 Å². The minimum absolute atomic E-state index is 0.000816. The van der Waals surface area contributed by atoms with Crippen LogP contribution in [-0.2, 0) is 30.3 Å². The van der Waals surface area contributed by atoms with E-state index in [0.717, 1.165) is 17.3 Å². The van der Waals surface area contributed by atoms with Gasteiger partial charge < -0.3 is 25.2 Å². The van der Waals surface area contributed by atoms with Crippen molar-refractivity contribution in [2.24, 2.45) is 17.3 Å². The van der Waals surface area contributed by atoms with Gasteiger partial charge in [0.1, 0.15) is 18.4 Å². The molecule has 1 heterocycles. The second kappa shape index (κ2) is 14.3. The molecule has 11 nitrogen and oxygen atoms in total. The Hall–Kier alpha value is -3.12. The number of benzene rings is 1.